The molecule has 2 aromatic carbocycles. The van der Waals surface area contributed by atoms with E-state index in [0.717, 1.165) is 12.8 Å². The minimum atomic E-state index is -4.67. The molecule has 2 aromatic rings. The average molecular weight is 437 g/mol. The van der Waals surface area contributed by atoms with Crippen molar-refractivity contribution in [2.24, 2.45) is 0 Å². The molecule has 164 valence electrons. The minimum absolute atomic E-state index is 0. The third-order valence-corrected chi connectivity index (χ3v) is 4.22. The summed E-state index contributed by atoms with van der Waals surface area (Å²) in [6, 6.07) is 20.6. The van der Waals surface area contributed by atoms with Gasteiger partial charge in [0.2, 0.25) is 0 Å². The smallest absolute Gasteiger partial charge is 0.394 e. The summed E-state index contributed by atoms with van der Waals surface area (Å²) in [6.07, 6.45) is 7.14. The van der Waals surface area contributed by atoms with E-state index in [4.69, 9.17) is 27.0 Å². The molecule has 0 radical (unpaired) electrons. The van der Waals surface area contributed by atoms with Gasteiger partial charge < -0.3 is 14.9 Å². The normalized spacial score (nSPS) is 23.3. The molecule has 0 aliphatic carbocycles. The zero-order valence-electron chi connectivity index (χ0n) is 16.5. The van der Waals surface area contributed by atoms with Crippen LogP contribution < -0.4 is 0 Å². The van der Waals surface area contributed by atoms with E-state index in [2.05, 4.69) is 37.4 Å². The van der Waals surface area contributed by atoms with Gasteiger partial charge in [0.1, 0.15) is 12.2 Å². The second kappa shape index (κ2) is 12.4. The van der Waals surface area contributed by atoms with Crippen molar-refractivity contribution in [1.29, 1.82) is 0 Å². The summed E-state index contributed by atoms with van der Waals surface area (Å²) >= 11 is 0. The van der Waals surface area contributed by atoms with Gasteiger partial charge >= 0.3 is 10.4 Å². The van der Waals surface area contributed by atoms with E-state index in [1.165, 1.54) is 11.1 Å². The standard InChI is InChI=1S/2C11H12O.H2O4S.H2O/c2*1-2-6-10-11(12-10)9-7-4-3-5-8-9;1-5(2,3)4;/h2*2-5,7-8,10-11H,1,6H2;(H2,1,2,3,4);1H2. The Labute approximate surface area is 177 Å². The van der Waals surface area contributed by atoms with E-state index in [0.29, 0.717) is 24.4 Å². The molecule has 2 saturated heterocycles. The Morgan fingerprint density at radius 1 is 0.767 bits per heavy atom. The van der Waals surface area contributed by atoms with Crippen molar-refractivity contribution < 1.29 is 32.5 Å². The minimum Gasteiger partial charge on any atom is -0.412 e. The molecule has 8 heteroatoms. The highest BCUT2D eigenvalue weighted by Crippen LogP contribution is 2.41. The van der Waals surface area contributed by atoms with Crippen LogP contribution in [0, 0.1) is 0 Å². The fraction of sp³-hybridized carbons (Fsp3) is 0.273. The fourth-order valence-corrected chi connectivity index (χ4v) is 2.84. The van der Waals surface area contributed by atoms with Gasteiger partial charge in [0.05, 0.1) is 12.2 Å². The van der Waals surface area contributed by atoms with Gasteiger partial charge in [0.15, 0.2) is 0 Å². The largest absolute Gasteiger partial charge is 0.412 e. The second-order valence-corrected chi connectivity index (χ2v) is 7.40. The van der Waals surface area contributed by atoms with Gasteiger partial charge in [-0.05, 0) is 24.0 Å². The van der Waals surface area contributed by atoms with Crippen LogP contribution in [0.3, 0.4) is 0 Å². The van der Waals surface area contributed by atoms with Crippen LogP contribution >= 0.6 is 0 Å². The van der Waals surface area contributed by atoms with Gasteiger partial charge in [-0.2, -0.15) is 8.42 Å². The molecule has 0 amide bonds. The monoisotopic (exact) mass is 436 g/mol. The quantitative estimate of drug-likeness (QED) is 0.401. The molecule has 2 fully saturated rings. The van der Waals surface area contributed by atoms with E-state index >= 15 is 0 Å². The summed E-state index contributed by atoms with van der Waals surface area (Å²) in [7, 11) is -4.67. The molecule has 4 N–H and O–H groups in total. The van der Waals surface area contributed by atoms with Crippen molar-refractivity contribution in [3.8, 4) is 0 Å². The molecule has 7 nitrogen and oxygen atoms in total. The Bertz CT molecular complexity index is 801. The summed E-state index contributed by atoms with van der Waals surface area (Å²) in [4.78, 5) is 0. The summed E-state index contributed by atoms with van der Waals surface area (Å²) in [5.74, 6) is 0. The first-order valence-corrected chi connectivity index (χ1v) is 10.6. The summed E-state index contributed by atoms with van der Waals surface area (Å²) in [5.41, 5.74) is 2.56. The molecular weight excluding hydrogens is 408 g/mol. The first-order chi connectivity index (χ1) is 13.8. The van der Waals surface area contributed by atoms with Crippen molar-refractivity contribution in [2.75, 3.05) is 0 Å². The van der Waals surface area contributed by atoms with Gasteiger partial charge in [-0.3, -0.25) is 9.11 Å². The van der Waals surface area contributed by atoms with Crippen LogP contribution in [0.1, 0.15) is 36.2 Å². The highest BCUT2D eigenvalue weighted by Gasteiger charge is 2.39. The predicted molar refractivity (Wildman–Crippen MR) is 116 cm³/mol. The van der Waals surface area contributed by atoms with E-state index < -0.39 is 10.4 Å². The maximum atomic E-state index is 8.74. The zero-order chi connectivity index (χ0) is 21.3. The van der Waals surface area contributed by atoms with Crippen LogP contribution in [-0.4, -0.2) is 35.2 Å². The Hall–Kier alpha value is -2.33. The molecule has 2 heterocycles. The number of rotatable bonds is 6. The fourth-order valence-electron chi connectivity index (χ4n) is 2.84. The lowest BCUT2D eigenvalue weighted by atomic mass is 10.1. The van der Waals surface area contributed by atoms with Crippen LogP contribution in [0.4, 0.5) is 0 Å². The van der Waals surface area contributed by atoms with Crippen molar-refractivity contribution in [3.05, 3.63) is 97.1 Å². The third kappa shape index (κ3) is 9.93. The molecule has 0 spiro atoms. The van der Waals surface area contributed by atoms with E-state index in [1.54, 1.807) is 0 Å². The van der Waals surface area contributed by atoms with Gasteiger partial charge in [0, 0.05) is 0 Å². The van der Waals surface area contributed by atoms with Gasteiger partial charge in [-0.15, -0.1) is 13.2 Å². The molecule has 4 rings (SSSR count). The lowest BCUT2D eigenvalue weighted by Gasteiger charge is -1.92. The van der Waals surface area contributed by atoms with Crippen molar-refractivity contribution in [1.82, 2.24) is 0 Å². The SMILES string of the molecule is C=CCC1OC1c1ccccc1.C=CCC1OC1c1ccccc1.O.O=S(=O)(O)O. The zero-order valence-corrected chi connectivity index (χ0v) is 17.3. The third-order valence-electron chi connectivity index (χ3n) is 4.22. The maximum absolute atomic E-state index is 8.74. The molecule has 30 heavy (non-hydrogen) atoms. The molecule has 2 aliphatic heterocycles. The number of hydrogen-bond donors (Lipinski definition) is 2. The maximum Gasteiger partial charge on any atom is 0.394 e. The summed E-state index contributed by atoms with van der Waals surface area (Å²) in [6.45, 7) is 7.38. The van der Waals surface area contributed by atoms with Gasteiger partial charge in [0.25, 0.3) is 0 Å². The first kappa shape index (κ1) is 25.7. The van der Waals surface area contributed by atoms with E-state index in [-0.39, 0.29) is 5.48 Å². The molecule has 0 aromatic heterocycles. The topological polar surface area (TPSA) is 131 Å². The number of ether oxygens (including phenoxy) is 2. The predicted octanol–water partition coefficient (Wildman–Crippen LogP) is 3.93. The van der Waals surface area contributed by atoms with Gasteiger partial charge in [-0.25, -0.2) is 0 Å². The molecule has 0 saturated carbocycles. The Morgan fingerprint density at radius 3 is 1.33 bits per heavy atom. The van der Waals surface area contributed by atoms with Crippen molar-refractivity contribution in [2.45, 2.75) is 37.3 Å². The number of epoxide rings is 2. The van der Waals surface area contributed by atoms with Crippen LogP contribution in [0.15, 0.2) is 86.0 Å². The molecular formula is C22H28O7S. The van der Waals surface area contributed by atoms with E-state index in [1.807, 2.05) is 48.6 Å². The highest BCUT2D eigenvalue weighted by atomic mass is 32.3. The molecule has 0 bridgehead atoms. The van der Waals surface area contributed by atoms with Crippen molar-refractivity contribution >= 4 is 10.4 Å². The lowest BCUT2D eigenvalue weighted by Crippen LogP contribution is -1.89. The van der Waals surface area contributed by atoms with Crippen molar-refractivity contribution in [3.63, 3.8) is 0 Å². The van der Waals surface area contributed by atoms with Crippen LogP contribution in [-0.2, 0) is 19.9 Å². The van der Waals surface area contributed by atoms with Crippen LogP contribution in [0.25, 0.3) is 0 Å². The summed E-state index contributed by atoms with van der Waals surface area (Å²) in [5, 5.41) is 0. The molecule has 4 atom stereocenters. The van der Waals surface area contributed by atoms with Crippen LogP contribution in [0.2, 0.25) is 0 Å². The Morgan fingerprint density at radius 2 is 1.07 bits per heavy atom. The van der Waals surface area contributed by atoms with E-state index in [9.17, 15) is 0 Å². The highest BCUT2D eigenvalue weighted by molar-refractivity contribution is 7.79. The number of benzene rings is 2. The van der Waals surface area contributed by atoms with Crippen LogP contribution in [0.5, 0.6) is 0 Å². The molecule has 2 aliphatic rings. The lowest BCUT2D eigenvalue weighted by molar-refractivity contribution is 0.374. The Kier molecular flexibility index (Phi) is 10.6. The average Bonchev–Trinajstić information content (AvgIpc) is 3.60. The second-order valence-electron chi connectivity index (χ2n) is 6.51. The summed E-state index contributed by atoms with van der Waals surface area (Å²) < 4.78 is 42.5. The number of hydrogen-bond acceptors (Lipinski definition) is 4. The Balaban J connectivity index is 0.000000241. The van der Waals surface area contributed by atoms with Gasteiger partial charge in [-0.1, -0.05) is 72.8 Å². The first-order valence-electron chi connectivity index (χ1n) is 9.16. The molecule has 4 unspecified atom stereocenters.